The Balaban J connectivity index is 1.50. The van der Waals surface area contributed by atoms with Gasteiger partial charge in [-0.25, -0.2) is 9.18 Å². The summed E-state index contributed by atoms with van der Waals surface area (Å²) in [6.45, 7) is 1.77. The highest BCUT2D eigenvalue weighted by Crippen LogP contribution is 2.31. The van der Waals surface area contributed by atoms with Gasteiger partial charge in [0.2, 0.25) is 5.91 Å². The van der Waals surface area contributed by atoms with Gasteiger partial charge in [-0.15, -0.1) is 0 Å². The van der Waals surface area contributed by atoms with Crippen LogP contribution in [0.3, 0.4) is 0 Å². The number of aromatic amines is 1. The molecule has 3 N–H and O–H groups in total. The van der Waals surface area contributed by atoms with Gasteiger partial charge >= 0.3 is 6.03 Å². The fourth-order valence-corrected chi connectivity index (χ4v) is 3.43. The van der Waals surface area contributed by atoms with Crippen molar-refractivity contribution in [1.82, 2.24) is 20.5 Å². The number of urea groups is 1. The van der Waals surface area contributed by atoms with Gasteiger partial charge in [0, 0.05) is 23.0 Å². The molecule has 4 amide bonds. The highest BCUT2D eigenvalue weighted by atomic mass is 19.1. The molecule has 0 radical (unpaired) electrons. The summed E-state index contributed by atoms with van der Waals surface area (Å²) in [5.74, 6) is -1.14. The van der Waals surface area contributed by atoms with Crippen LogP contribution in [0, 0.1) is 12.7 Å². The second kappa shape index (κ2) is 7.38. The third-order valence-electron chi connectivity index (χ3n) is 4.99. The number of hydrogen-bond donors (Lipinski definition) is 3. The Morgan fingerprint density at radius 3 is 2.72 bits per heavy atom. The Bertz CT molecular complexity index is 1120. The fraction of sp³-hybridized carbons (Fsp3) is 0.190. The van der Waals surface area contributed by atoms with Gasteiger partial charge in [0.05, 0.1) is 12.2 Å². The SMILES string of the molecule is Cc1c(-c2ccccc2F)[nH]c2ccc(CNC(=O)CN3C(=O)CNC3=O)cc12. The van der Waals surface area contributed by atoms with Crippen molar-refractivity contribution >= 4 is 28.7 Å². The van der Waals surface area contributed by atoms with Crippen LogP contribution in [0.15, 0.2) is 42.5 Å². The smallest absolute Gasteiger partial charge is 0.325 e. The van der Waals surface area contributed by atoms with Crippen molar-refractivity contribution in [2.75, 3.05) is 13.1 Å². The maximum atomic E-state index is 14.2. The number of nitrogens with zero attached hydrogens (tertiary/aromatic N) is 1. The summed E-state index contributed by atoms with van der Waals surface area (Å²) in [6.07, 6.45) is 0. The molecule has 1 aliphatic rings. The van der Waals surface area contributed by atoms with Gasteiger partial charge in [0.25, 0.3) is 5.91 Å². The number of nitrogens with one attached hydrogen (secondary N) is 3. The molecule has 2 heterocycles. The Hall–Kier alpha value is -3.68. The number of hydrogen-bond acceptors (Lipinski definition) is 3. The predicted octanol–water partition coefficient (Wildman–Crippen LogP) is 2.45. The number of benzene rings is 2. The van der Waals surface area contributed by atoms with Gasteiger partial charge in [0.1, 0.15) is 12.4 Å². The van der Waals surface area contributed by atoms with E-state index in [2.05, 4.69) is 15.6 Å². The molecule has 3 aromatic rings. The van der Waals surface area contributed by atoms with Gasteiger partial charge < -0.3 is 15.6 Å². The van der Waals surface area contributed by atoms with Gasteiger partial charge in [-0.05, 0) is 42.3 Å². The minimum Gasteiger partial charge on any atom is -0.354 e. The molecule has 4 rings (SSSR count). The molecule has 1 fully saturated rings. The first-order valence-corrected chi connectivity index (χ1v) is 9.15. The fourth-order valence-electron chi connectivity index (χ4n) is 3.43. The number of amides is 4. The molecule has 2 aromatic carbocycles. The number of carbonyl (C=O) groups is 3. The molecular weight excluding hydrogens is 375 g/mol. The molecule has 29 heavy (non-hydrogen) atoms. The standard InChI is InChI=1S/C21H19FN4O3/c1-12-15-8-13(9-23-18(27)11-26-19(28)10-24-21(26)29)6-7-17(15)25-20(12)14-4-2-3-5-16(14)22/h2-8,25H,9-11H2,1H3,(H,23,27)(H,24,29). The lowest BCUT2D eigenvalue weighted by Gasteiger charge is -2.12. The lowest BCUT2D eigenvalue weighted by Crippen LogP contribution is -2.40. The second-order valence-electron chi connectivity index (χ2n) is 6.90. The molecule has 1 aliphatic heterocycles. The minimum absolute atomic E-state index is 0.0834. The van der Waals surface area contributed by atoms with E-state index in [0.29, 0.717) is 5.56 Å². The number of rotatable bonds is 5. The Morgan fingerprint density at radius 2 is 2.00 bits per heavy atom. The number of H-pyrrole nitrogens is 1. The molecule has 1 aromatic heterocycles. The maximum Gasteiger partial charge on any atom is 0.325 e. The van der Waals surface area contributed by atoms with E-state index in [1.807, 2.05) is 25.1 Å². The third-order valence-corrected chi connectivity index (χ3v) is 4.99. The Morgan fingerprint density at radius 1 is 1.21 bits per heavy atom. The van der Waals surface area contributed by atoms with Crippen molar-refractivity contribution in [3.63, 3.8) is 0 Å². The Labute approximate surface area is 165 Å². The zero-order valence-electron chi connectivity index (χ0n) is 15.7. The van der Waals surface area contributed by atoms with Crippen LogP contribution in [0.2, 0.25) is 0 Å². The average Bonchev–Trinajstić information content (AvgIpc) is 3.20. The topological polar surface area (TPSA) is 94.3 Å². The summed E-state index contributed by atoms with van der Waals surface area (Å²) in [7, 11) is 0. The van der Waals surface area contributed by atoms with Crippen LogP contribution in [0.1, 0.15) is 11.1 Å². The summed E-state index contributed by atoms with van der Waals surface area (Å²) in [5.41, 5.74) is 3.86. The minimum atomic E-state index is -0.560. The van der Waals surface area contributed by atoms with E-state index >= 15 is 0 Å². The van der Waals surface area contributed by atoms with Crippen LogP contribution < -0.4 is 10.6 Å². The van der Waals surface area contributed by atoms with E-state index in [0.717, 1.165) is 32.6 Å². The largest absolute Gasteiger partial charge is 0.354 e. The first-order chi connectivity index (χ1) is 13.9. The highest BCUT2D eigenvalue weighted by Gasteiger charge is 2.29. The summed E-state index contributed by atoms with van der Waals surface area (Å²) in [4.78, 5) is 39.3. The van der Waals surface area contributed by atoms with Crippen LogP contribution in [-0.2, 0) is 16.1 Å². The Kier molecular flexibility index (Phi) is 4.75. The number of aromatic nitrogens is 1. The zero-order valence-corrected chi connectivity index (χ0v) is 15.7. The highest BCUT2D eigenvalue weighted by molar-refractivity contribution is 6.04. The van der Waals surface area contributed by atoms with Crippen LogP contribution in [0.5, 0.6) is 0 Å². The van der Waals surface area contributed by atoms with Crippen LogP contribution >= 0.6 is 0 Å². The van der Waals surface area contributed by atoms with Crippen molar-refractivity contribution in [2.24, 2.45) is 0 Å². The number of imide groups is 1. The molecule has 0 saturated carbocycles. The molecular formula is C21H19FN4O3. The normalized spacial score (nSPS) is 13.8. The van der Waals surface area contributed by atoms with E-state index in [9.17, 15) is 18.8 Å². The van der Waals surface area contributed by atoms with Crippen LogP contribution in [-0.4, -0.2) is 40.8 Å². The van der Waals surface area contributed by atoms with E-state index in [1.165, 1.54) is 6.07 Å². The van der Waals surface area contributed by atoms with Crippen molar-refractivity contribution < 1.29 is 18.8 Å². The molecule has 0 atom stereocenters. The monoisotopic (exact) mass is 394 g/mol. The van der Waals surface area contributed by atoms with Gasteiger partial charge in [-0.2, -0.15) is 0 Å². The molecule has 0 unspecified atom stereocenters. The van der Waals surface area contributed by atoms with E-state index < -0.39 is 17.8 Å². The van der Waals surface area contributed by atoms with Crippen LogP contribution in [0.25, 0.3) is 22.2 Å². The molecule has 0 aliphatic carbocycles. The molecule has 7 nitrogen and oxygen atoms in total. The molecule has 0 bridgehead atoms. The molecule has 148 valence electrons. The number of halogens is 1. The van der Waals surface area contributed by atoms with E-state index in [-0.39, 0.29) is 25.5 Å². The quantitative estimate of drug-likeness (QED) is 0.580. The van der Waals surface area contributed by atoms with Gasteiger partial charge in [0.15, 0.2) is 0 Å². The predicted molar refractivity (Wildman–Crippen MR) is 105 cm³/mol. The zero-order chi connectivity index (χ0) is 20.5. The molecule has 8 heteroatoms. The van der Waals surface area contributed by atoms with Gasteiger partial charge in [-0.3, -0.25) is 14.5 Å². The number of aryl methyl sites for hydroxylation is 1. The van der Waals surface area contributed by atoms with Crippen molar-refractivity contribution in [3.05, 3.63) is 59.4 Å². The summed E-state index contributed by atoms with van der Waals surface area (Å²) < 4.78 is 14.2. The number of fused-ring (bicyclic) bond motifs is 1. The number of carbonyl (C=O) groups excluding carboxylic acids is 3. The maximum absolute atomic E-state index is 14.2. The van der Waals surface area contributed by atoms with E-state index in [4.69, 9.17) is 0 Å². The second-order valence-corrected chi connectivity index (χ2v) is 6.90. The van der Waals surface area contributed by atoms with Crippen LogP contribution in [0.4, 0.5) is 9.18 Å². The lowest BCUT2D eigenvalue weighted by atomic mass is 10.0. The van der Waals surface area contributed by atoms with Crippen molar-refractivity contribution in [3.8, 4) is 11.3 Å². The van der Waals surface area contributed by atoms with E-state index in [1.54, 1.807) is 18.2 Å². The third kappa shape index (κ3) is 3.56. The van der Waals surface area contributed by atoms with Crippen molar-refractivity contribution in [1.29, 1.82) is 0 Å². The summed E-state index contributed by atoms with van der Waals surface area (Å²) in [6, 6.07) is 11.7. The lowest BCUT2D eigenvalue weighted by molar-refractivity contribution is -0.130. The summed E-state index contributed by atoms with van der Waals surface area (Å²) >= 11 is 0. The first-order valence-electron chi connectivity index (χ1n) is 9.15. The first kappa shape index (κ1) is 18.7. The summed E-state index contributed by atoms with van der Waals surface area (Å²) in [5, 5.41) is 6.02. The molecule has 0 spiro atoms. The molecule has 1 saturated heterocycles. The average molecular weight is 394 g/mol. The van der Waals surface area contributed by atoms with Crippen molar-refractivity contribution in [2.45, 2.75) is 13.5 Å². The van der Waals surface area contributed by atoms with Gasteiger partial charge in [-0.1, -0.05) is 18.2 Å².